The highest BCUT2D eigenvalue weighted by molar-refractivity contribution is 5.82. The first-order valence-corrected chi connectivity index (χ1v) is 8.08. The van der Waals surface area contributed by atoms with Crippen LogP contribution in [0.25, 0.3) is 0 Å². The summed E-state index contributed by atoms with van der Waals surface area (Å²) in [6.07, 6.45) is -0.0644. The lowest BCUT2D eigenvalue weighted by atomic mass is 10.3. The summed E-state index contributed by atoms with van der Waals surface area (Å²) in [6, 6.07) is 0. The van der Waals surface area contributed by atoms with Gasteiger partial charge in [-0.25, -0.2) is 9.59 Å². The second-order valence-electron chi connectivity index (χ2n) is 5.08. The van der Waals surface area contributed by atoms with Gasteiger partial charge in [-0.15, -0.1) is 0 Å². The van der Waals surface area contributed by atoms with Crippen LogP contribution in [0.2, 0.25) is 0 Å². The number of hydrogen-bond acceptors (Lipinski definition) is 8. The summed E-state index contributed by atoms with van der Waals surface area (Å²) in [6.45, 7) is 7.91. The molecule has 0 spiro atoms. The first-order valence-electron chi connectivity index (χ1n) is 8.08. The van der Waals surface area contributed by atoms with Crippen LogP contribution in [0.5, 0.6) is 0 Å². The zero-order chi connectivity index (χ0) is 18.4. The maximum absolute atomic E-state index is 11.6. The van der Waals surface area contributed by atoms with Crippen molar-refractivity contribution >= 4 is 17.9 Å². The van der Waals surface area contributed by atoms with Gasteiger partial charge in [-0.3, -0.25) is 4.79 Å². The van der Waals surface area contributed by atoms with Crippen LogP contribution >= 0.6 is 0 Å². The Bertz CT molecular complexity index is 382. The molecule has 0 aliphatic heterocycles. The Morgan fingerprint density at radius 2 is 1.33 bits per heavy atom. The number of carbonyl (C=O) groups excluding carboxylic acids is 3. The molecule has 0 aromatic carbocycles. The molecule has 0 rings (SSSR count). The first kappa shape index (κ1) is 22.3. The van der Waals surface area contributed by atoms with Crippen LogP contribution in [0.4, 0.5) is 0 Å². The van der Waals surface area contributed by atoms with Gasteiger partial charge in [-0.05, 0) is 20.3 Å². The van der Waals surface area contributed by atoms with Gasteiger partial charge in [0.05, 0.1) is 19.8 Å². The molecule has 0 bridgehead atoms. The second kappa shape index (κ2) is 13.7. The van der Waals surface area contributed by atoms with E-state index in [1.54, 1.807) is 0 Å². The van der Waals surface area contributed by atoms with Crippen molar-refractivity contribution in [3.8, 4) is 0 Å². The van der Waals surface area contributed by atoms with E-state index in [1.807, 2.05) is 0 Å². The molecule has 0 aromatic heterocycles. The van der Waals surface area contributed by atoms with Gasteiger partial charge in [0.1, 0.15) is 6.61 Å². The van der Waals surface area contributed by atoms with Crippen molar-refractivity contribution in [3.05, 3.63) is 0 Å². The van der Waals surface area contributed by atoms with Gasteiger partial charge < -0.3 is 23.7 Å². The van der Waals surface area contributed by atoms with Crippen molar-refractivity contribution in [3.63, 3.8) is 0 Å². The van der Waals surface area contributed by atoms with Gasteiger partial charge in [-0.2, -0.15) is 0 Å². The summed E-state index contributed by atoms with van der Waals surface area (Å²) in [4.78, 5) is 33.9. The molecule has 0 saturated carbocycles. The Labute approximate surface area is 142 Å². The molecular formula is C16H28O8. The molecule has 0 aliphatic rings. The molecule has 24 heavy (non-hydrogen) atoms. The van der Waals surface area contributed by atoms with Crippen LogP contribution in [-0.2, 0) is 38.1 Å². The van der Waals surface area contributed by atoms with E-state index in [2.05, 4.69) is 11.7 Å². The first-order chi connectivity index (χ1) is 11.4. The molecule has 0 fully saturated rings. The van der Waals surface area contributed by atoms with Gasteiger partial charge in [0.25, 0.3) is 0 Å². The van der Waals surface area contributed by atoms with Gasteiger partial charge in [-0.1, -0.05) is 13.3 Å². The minimum atomic E-state index is -1.09. The highest BCUT2D eigenvalue weighted by atomic mass is 16.6. The van der Waals surface area contributed by atoms with Gasteiger partial charge in [0, 0.05) is 13.5 Å². The molecule has 2 unspecified atom stereocenters. The van der Waals surface area contributed by atoms with E-state index in [0.29, 0.717) is 19.8 Å². The molecule has 0 N–H and O–H groups in total. The molecule has 0 aromatic rings. The molecule has 0 amide bonds. The summed E-state index contributed by atoms with van der Waals surface area (Å²) in [5.41, 5.74) is 0. The van der Waals surface area contributed by atoms with Crippen molar-refractivity contribution in [1.82, 2.24) is 0 Å². The van der Waals surface area contributed by atoms with E-state index in [-0.39, 0.29) is 13.2 Å². The second-order valence-corrected chi connectivity index (χ2v) is 5.08. The fourth-order valence-electron chi connectivity index (χ4n) is 1.50. The van der Waals surface area contributed by atoms with Gasteiger partial charge >= 0.3 is 17.9 Å². The third-order valence-corrected chi connectivity index (χ3v) is 2.79. The third kappa shape index (κ3) is 11.8. The number of unbranched alkanes of at least 4 members (excludes halogenated alkanes) is 1. The van der Waals surface area contributed by atoms with Crippen LogP contribution < -0.4 is 0 Å². The molecule has 0 radical (unpaired) electrons. The van der Waals surface area contributed by atoms with Crippen molar-refractivity contribution in [2.45, 2.75) is 52.7 Å². The fourth-order valence-corrected chi connectivity index (χ4v) is 1.50. The monoisotopic (exact) mass is 348 g/mol. The highest BCUT2D eigenvalue weighted by Crippen LogP contribution is 2.01. The maximum Gasteiger partial charge on any atom is 0.347 e. The zero-order valence-corrected chi connectivity index (χ0v) is 14.9. The summed E-state index contributed by atoms with van der Waals surface area (Å²) < 4.78 is 25.0. The van der Waals surface area contributed by atoms with Crippen LogP contribution in [0.3, 0.4) is 0 Å². The molecule has 140 valence electrons. The Morgan fingerprint density at radius 1 is 0.792 bits per heavy atom. The summed E-state index contributed by atoms with van der Waals surface area (Å²) in [5.74, 6) is -2.11. The molecule has 8 nitrogen and oxygen atoms in total. The van der Waals surface area contributed by atoms with Crippen molar-refractivity contribution in [1.29, 1.82) is 0 Å². The normalized spacial score (nSPS) is 13.0. The zero-order valence-electron chi connectivity index (χ0n) is 14.9. The average molecular weight is 348 g/mol. The van der Waals surface area contributed by atoms with Crippen LogP contribution in [-0.4, -0.2) is 63.2 Å². The lowest BCUT2D eigenvalue weighted by Gasteiger charge is -2.16. The summed E-state index contributed by atoms with van der Waals surface area (Å²) >= 11 is 0. The third-order valence-electron chi connectivity index (χ3n) is 2.79. The van der Waals surface area contributed by atoms with E-state index < -0.39 is 30.1 Å². The number of hydrogen-bond donors (Lipinski definition) is 0. The van der Waals surface area contributed by atoms with E-state index in [0.717, 1.165) is 12.8 Å². The van der Waals surface area contributed by atoms with Crippen molar-refractivity contribution in [2.24, 2.45) is 0 Å². The smallest absolute Gasteiger partial charge is 0.347 e. The van der Waals surface area contributed by atoms with E-state index in [4.69, 9.17) is 18.9 Å². The molecule has 8 heteroatoms. The van der Waals surface area contributed by atoms with Gasteiger partial charge in [0.2, 0.25) is 0 Å². The standard InChI is InChI=1S/C16H28O8/c1-5-6-7-20-8-9-21-10-11-22-15(18)12(2)24-16(19)13(3)23-14(4)17/h12-13H,5-11H2,1-4H3. The molecule has 0 saturated heterocycles. The number of esters is 3. The van der Waals surface area contributed by atoms with E-state index in [9.17, 15) is 14.4 Å². The number of ether oxygens (including phenoxy) is 5. The van der Waals surface area contributed by atoms with Crippen molar-refractivity contribution in [2.75, 3.05) is 33.0 Å². The predicted octanol–water partition coefficient (Wildman–Crippen LogP) is 1.25. The Morgan fingerprint density at radius 3 is 1.92 bits per heavy atom. The minimum absolute atomic E-state index is 0.0508. The van der Waals surface area contributed by atoms with E-state index >= 15 is 0 Å². The average Bonchev–Trinajstić information content (AvgIpc) is 2.52. The molecule has 0 aliphatic carbocycles. The van der Waals surface area contributed by atoms with Gasteiger partial charge in [0.15, 0.2) is 12.2 Å². The number of carbonyl (C=O) groups is 3. The Kier molecular flexibility index (Phi) is 12.8. The van der Waals surface area contributed by atoms with Crippen LogP contribution in [0.1, 0.15) is 40.5 Å². The molecule has 0 heterocycles. The maximum atomic E-state index is 11.6. The predicted molar refractivity (Wildman–Crippen MR) is 84.3 cm³/mol. The molecular weight excluding hydrogens is 320 g/mol. The Balaban J connectivity index is 3.72. The van der Waals surface area contributed by atoms with E-state index in [1.165, 1.54) is 20.8 Å². The summed E-state index contributed by atoms with van der Waals surface area (Å²) in [5, 5.41) is 0. The Hall–Kier alpha value is -1.67. The lowest BCUT2D eigenvalue weighted by molar-refractivity contribution is -0.176. The lowest BCUT2D eigenvalue weighted by Crippen LogP contribution is -2.33. The van der Waals surface area contributed by atoms with Crippen molar-refractivity contribution < 1.29 is 38.1 Å². The topological polar surface area (TPSA) is 97.4 Å². The molecule has 2 atom stereocenters. The number of rotatable bonds is 13. The highest BCUT2D eigenvalue weighted by Gasteiger charge is 2.24. The largest absolute Gasteiger partial charge is 0.461 e. The quantitative estimate of drug-likeness (QED) is 0.279. The van der Waals surface area contributed by atoms with Crippen LogP contribution in [0, 0.1) is 0 Å². The fraction of sp³-hybridized carbons (Fsp3) is 0.812. The SMILES string of the molecule is CCCCOCCOCCOC(=O)C(C)OC(=O)C(C)OC(C)=O. The summed E-state index contributed by atoms with van der Waals surface area (Å²) in [7, 11) is 0. The van der Waals surface area contributed by atoms with Crippen LogP contribution in [0.15, 0.2) is 0 Å². The minimum Gasteiger partial charge on any atom is -0.461 e.